The predicted octanol–water partition coefficient (Wildman–Crippen LogP) is -0.0514. The summed E-state index contributed by atoms with van der Waals surface area (Å²) < 4.78 is 4.68. The Morgan fingerprint density at radius 2 is 2.09 bits per heavy atom. The van der Waals surface area contributed by atoms with Crippen LogP contribution in [-0.2, 0) is 20.7 Å². The Morgan fingerprint density at radius 1 is 1.41 bits per heavy atom. The van der Waals surface area contributed by atoms with Crippen molar-refractivity contribution < 1.29 is 14.3 Å². The summed E-state index contributed by atoms with van der Waals surface area (Å²) in [5.74, 6) is -0.792. The normalized spacial score (nSPS) is 13.5. The number of pyridine rings is 1. The first-order valence-electron chi connectivity index (χ1n) is 7.15. The molecule has 22 heavy (non-hydrogen) atoms. The van der Waals surface area contributed by atoms with E-state index in [1.165, 1.54) is 13.3 Å². The standard InChI is InChI=1S/C15H23N3O4/c1-9(2)7-11(16)14(20)18-12(15(21)22-3)8-10-5-4-6-17-13(10)19/h4-6,9,11-12H,7-8,16H2,1-3H3,(H,17,19)(H,18,20)/t11-,12?/m0/s1. The molecule has 0 aliphatic heterocycles. The van der Waals surface area contributed by atoms with Crippen molar-refractivity contribution in [2.45, 2.75) is 38.8 Å². The Balaban J connectivity index is 2.82. The van der Waals surface area contributed by atoms with Crippen LogP contribution in [0.15, 0.2) is 23.1 Å². The number of nitrogens with one attached hydrogen (secondary N) is 2. The van der Waals surface area contributed by atoms with Gasteiger partial charge in [0.25, 0.3) is 5.56 Å². The molecule has 2 atom stereocenters. The fraction of sp³-hybridized carbons (Fsp3) is 0.533. The molecule has 7 heteroatoms. The molecule has 0 aromatic carbocycles. The average molecular weight is 309 g/mol. The summed E-state index contributed by atoms with van der Waals surface area (Å²) >= 11 is 0. The molecule has 4 N–H and O–H groups in total. The zero-order valence-electron chi connectivity index (χ0n) is 13.1. The summed E-state index contributed by atoms with van der Waals surface area (Å²) in [6.07, 6.45) is 2.05. The highest BCUT2D eigenvalue weighted by molar-refractivity contribution is 5.87. The number of hydrogen-bond donors (Lipinski definition) is 3. The third kappa shape index (κ3) is 5.33. The molecule has 0 spiro atoms. The monoisotopic (exact) mass is 309 g/mol. The highest BCUT2D eigenvalue weighted by atomic mass is 16.5. The van der Waals surface area contributed by atoms with Gasteiger partial charge in [-0.15, -0.1) is 0 Å². The van der Waals surface area contributed by atoms with E-state index in [0.29, 0.717) is 12.0 Å². The summed E-state index contributed by atoms with van der Waals surface area (Å²) in [5, 5.41) is 2.56. The first-order chi connectivity index (χ1) is 10.3. The molecule has 0 saturated carbocycles. The van der Waals surface area contributed by atoms with E-state index in [2.05, 4.69) is 15.0 Å². The van der Waals surface area contributed by atoms with Crippen LogP contribution in [0.4, 0.5) is 0 Å². The van der Waals surface area contributed by atoms with E-state index in [9.17, 15) is 14.4 Å². The van der Waals surface area contributed by atoms with Crippen LogP contribution in [0.2, 0.25) is 0 Å². The smallest absolute Gasteiger partial charge is 0.328 e. The second-order valence-corrected chi connectivity index (χ2v) is 5.55. The van der Waals surface area contributed by atoms with Crippen molar-refractivity contribution in [3.8, 4) is 0 Å². The van der Waals surface area contributed by atoms with E-state index < -0.39 is 24.0 Å². The van der Waals surface area contributed by atoms with Crippen LogP contribution in [0.3, 0.4) is 0 Å². The van der Waals surface area contributed by atoms with Crippen LogP contribution >= 0.6 is 0 Å². The number of rotatable bonds is 7. The van der Waals surface area contributed by atoms with Crippen LogP contribution < -0.4 is 16.6 Å². The lowest BCUT2D eigenvalue weighted by Gasteiger charge is -2.20. The van der Waals surface area contributed by atoms with Gasteiger partial charge in [-0.05, 0) is 18.4 Å². The Labute approximate surface area is 129 Å². The first-order valence-corrected chi connectivity index (χ1v) is 7.15. The fourth-order valence-electron chi connectivity index (χ4n) is 2.07. The minimum absolute atomic E-state index is 0.0446. The molecule has 1 rings (SSSR count). The molecule has 1 unspecified atom stereocenters. The molecule has 1 aromatic heterocycles. The summed E-state index contributed by atoms with van der Waals surface area (Å²) in [6.45, 7) is 3.91. The number of hydrogen-bond acceptors (Lipinski definition) is 5. The number of carbonyl (C=O) groups is 2. The lowest BCUT2D eigenvalue weighted by Crippen LogP contribution is -2.50. The zero-order valence-corrected chi connectivity index (χ0v) is 13.1. The Hall–Kier alpha value is -2.15. The molecule has 7 nitrogen and oxygen atoms in total. The van der Waals surface area contributed by atoms with Gasteiger partial charge in [0.1, 0.15) is 6.04 Å². The van der Waals surface area contributed by atoms with Crippen molar-refractivity contribution in [2.24, 2.45) is 11.7 Å². The van der Waals surface area contributed by atoms with Crippen LogP contribution in [0.5, 0.6) is 0 Å². The molecule has 122 valence electrons. The maximum absolute atomic E-state index is 12.1. The minimum atomic E-state index is -0.945. The topological polar surface area (TPSA) is 114 Å². The molecular formula is C15H23N3O4. The summed E-state index contributed by atoms with van der Waals surface area (Å²) in [5.41, 5.74) is 5.88. The Kier molecular flexibility index (Phi) is 6.78. The first kappa shape index (κ1) is 17.9. The van der Waals surface area contributed by atoms with Gasteiger partial charge in [-0.3, -0.25) is 9.59 Å². The van der Waals surface area contributed by atoms with Crippen molar-refractivity contribution in [1.29, 1.82) is 0 Å². The maximum atomic E-state index is 12.1. The van der Waals surface area contributed by atoms with Crippen LogP contribution in [0.25, 0.3) is 0 Å². The van der Waals surface area contributed by atoms with Crippen LogP contribution in [0, 0.1) is 5.92 Å². The highest BCUT2D eigenvalue weighted by Crippen LogP contribution is 2.05. The number of carbonyl (C=O) groups excluding carboxylic acids is 2. The molecule has 0 aliphatic carbocycles. The number of ether oxygens (including phenoxy) is 1. The molecule has 0 bridgehead atoms. The predicted molar refractivity (Wildman–Crippen MR) is 82.1 cm³/mol. The summed E-state index contributed by atoms with van der Waals surface area (Å²) in [6, 6.07) is 1.59. The van der Waals surface area contributed by atoms with Gasteiger partial charge in [0.2, 0.25) is 5.91 Å². The largest absolute Gasteiger partial charge is 0.467 e. The molecule has 0 aliphatic rings. The number of methoxy groups -OCH3 is 1. The van der Waals surface area contributed by atoms with E-state index in [-0.39, 0.29) is 17.9 Å². The van der Waals surface area contributed by atoms with Gasteiger partial charge in [0.15, 0.2) is 0 Å². The van der Waals surface area contributed by atoms with Gasteiger partial charge in [-0.1, -0.05) is 19.9 Å². The SMILES string of the molecule is COC(=O)C(Cc1ccc[nH]c1=O)NC(=O)[C@@H](N)CC(C)C. The minimum Gasteiger partial charge on any atom is -0.467 e. The second-order valence-electron chi connectivity index (χ2n) is 5.55. The van der Waals surface area contributed by atoms with E-state index in [0.717, 1.165) is 0 Å². The average Bonchev–Trinajstić information content (AvgIpc) is 2.47. The van der Waals surface area contributed by atoms with Crippen molar-refractivity contribution in [2.75, 3.05) is 7.11 Å². The van der Waals surface area contributed by atoms with Crippen LogP contribution in [0.1, 0.15) is 25.8 Å². The van der Waals surface area contributed by atoms with Gasteiger partial charge in [-0.25, -0.2) is 4.79 Å². The summed E-state index contributed by atoms with van der Waals surface area (Å²) in [7, 11) is 1.23. The molecular weight excluding hydrogens is 286 g/mol. The third-order valence-electron chi connectivity index (χ3n) is 3.19. The quantitative estimate of drug-likeness (QED) is 0.611. The number of amides is 1. The van der Waals surface area contributed by atoms with Crippen LogP contribution in [-0.4, -0.2) is 36.1 Å². The Morgan fingerprint density at radius 3 is 2.64 bits per heavy atom. The van der Waals surface area contributed by atoms with Gasteiger partial charge >= 0.3 is 5.97 Å². The van der Waals surface area contributed by atoms with Crippen molar-refractivity contribution in [3.05, 3.63) is 34.2 Å². The Bertz CT molecular complexity index is 568. The van der Waals surface area contributed by atoms with Gasteiger partial charge in [-0.2, -0.15) is 0 Å². The fourth-order valence-corrected chi connectivity index (χ4v) is 2.07. The van der Waals surface area contributed by atoms with Gasteiger partial charge < -0.3 is 20.8 Å². The second kappa shape index (κ2) is 8.33. The van der Waals surface area contributed by atoms with Gasteiger partial charge in [0, 0.05) is 18.2 Å². The number of esters is 1. The molecule has 0 saturated heterocycles. The van der Waals surface area contributed by atoms with Crippen molar-refractivity contribution in [3.63, 3.8) is 0 Å². The number of aromatic nitrogens is 1. The third-order valence-corrected chi connectivity index (χ3v) is 3.19. The zero-order chi connectivity index (χ0) is 16.7. The highest BCUT2D eigenvalue weighted by Gasteiger charge is 2.25. The number of H-pyrrole nitrogens is 1. The van der Waals surface area contributed by atoms with Gasteiger partial charge in [0.05, 0.1) is 13.2 Å². The van der Waals surface area contributed by atoms with Crippen molar-refractivity contribution >= 4 is 11.9 Å². The van der Waals surface area contributed by atoms with E-state index in [4.69, 9.17) is 5.73 Å². The summed E-state index contributed by atoms with van der Waals surface area (Å²) in [4.78, 5) is 38.1. The number of nitrogens with two attached hydrogens (primary N) is 1. The molecule has 1 aromatic rings. The van der Waals surface area contributed by atoms with E-state index in [1.807, 2.05) is 13.8 Å². The number of aromatic amines is 1. The van der Waals surface area contributed by atoms with E-state index in [1.54, 1.807) is 12.1 Å². The lowest BCUT2D eigenvalue weighted by atomic mass is 10.0. The van der Waals surface area contributed by atoms with Crippen molar-refractivity contribution in [1.82, 2.24) is 10.3 Å². The molecule has 1 heterocycles. The molecule has 1 amide bonds. The molecule has 0 fully saturated rings. The lowest BCUT2D eigenvalue weighted by molar-refractivity contribution is -0.145. The van der Waals surface area contributed by atoms with E-state index >= 15 is 0 Å². The molecule has 0 radical (unpaired) electrons. The maximum Gasteiger partial charge on any atom is 0.328 e.